The number of carbonyl (C=O) groups excluding carboxylic acids is 1. The number of rotatable bonds is 4. The SMILES string of the molecule is Cl.N[C@@H](Cc1ccccc1)C(=O)CF. The highest BCUT2D eigenvalue weighted by Gasteiger charge is 2.12. The molecule has 2 nitrogen and oxygen atoms in total. The van der Waals surface area contributed by atoms with E-state index in [9.17, 15) is 9.18 Å². The first-order valence-electron chi connectivity index (χ1n) is 4.12. The third kappa shape index (κ3) is 3.85. The number of nitrogens with two attached hydrogens (primary N) is 1. The molecule has 0 heterocycles. The van der Waals surface area contributed by atoms with Crippen molar-refractivity contribution >= 4 is 18.2 Å². The minimum atomic E-state index is -0.978. The molecule has 0 radical (unpaired) electrons. The van der Waals surface area contributed by atoms with Gasteiger partial charge < -0.3 is 5.73 Å². The van der Waals surface area contributed by atoms with Gasteiger partial charge in [0.05, 0.1) is 6.04 Å². The molecule has 1 atom stereocenters. The van der Waals surface area contributed by atoms with Crippen molar-refractivity contribution < 1.29 is 9.18 Å². The quantitative estimate of drug-likeness (QED) is 0.831. The van der Waals surface area contributed by atoms with Crippen LogP contribution in [0.25, 0.3) is 0 Å². The molecular weight excluding hydrogens is 205 g/mol. The summed E-state index contributed by atoms with van der Waals surface area (Å²) in [4.78, 5) is 10.8. The largest absolute Gasteiger partial charge is 0.321 e. The summed E-state index contributed by atoms with van der Waals surface area (Å²) in [5.74, 6) is -0.538. The maximum Gasteiger partial charge on any atom is 0.180 e. The fourth-order valence-electron chi connectivity index (χ4n) is 1.08. The van der Waals surface area contributed by atoms with E-state index in [4.69, 9.17) is 5.73 Å². The molecule has 0 spiro atoms. The van der Waals surface area contributed by atoms with Gasteiger partial charge in [-0.25, -0.2) is 4.39 Å². The molecule has 0 aliphatic heterocycles. The summed E-state index contributed by atoms with van der Waals surface area (Å²) in [7, 11) is 0. The van der Waals surface area contributed by atoms with E-state index in [1.54, 1.807) is 0 Å². The standard InChI is InChI=1S/C10H12FNO.ClH/c11-7-10(13)9(12)6-8-4-2-1-3-5-8;/h1-5,9H,6-7,12H2;1H/t9-;/m0./s1. The molecule has 0 aromatic heterocycles. The lowest BCUT2D eigenvalue weighted by molar-refractivity contribution is -0.121. The lowest BCUT2D eigenvalue weighted by Gasteiger charge is -2.07. The van der Waals surface area contributed by atoms with E-state index < -0.39 is 18.5 Å². The van der Waals surface area contributed by atoms with Gasteiger partial charge in [0.2, 0.25) is 0 Å². The Labute approximate surface area is 88.7 Å². The van der Waals surface area contributed by atoms with Gasteiger partial charge in [-0.05, 0) is 12.0 Å². The number of benzene rings is 1. The van der Waals surface area contributed by atoms with Gasteiger partial charge in [-0.3, -0.25) is 4.79 Å². The first kappa shape index (κ1) is 13.1. The van der Waals surface area contributed by atoms with E-state index in [-0.39, 0.29) is 12.4 Å². The molecule has 0 bridgehead atoms. The normalized spacial score (nSPS) is 11.6. The van der Waals surface area contributed by atoms with Crippen LogP contribution in [-0.4, -0.2) is 18.5 Å². The summed E-state index contributed by atoms with van der Waals surface area (Å²) in [6, 6.07) is 8.62. The van der Waals surface area contributed by atoms with Gasteiger partial charge in [0, 0.05) is 0 Å². The van der Waals surface area contributed by atoms with Crippen LogP contribution in [0.15, 0.2) is 30.3 Å². The maximum absolute atomic E-state index is 11.9. The van der Waals surface area contributed by atoms with E-state index in [1.165, 1.54) is 0 Å². The molecule has 78 valence electrons. The first-order valence-corrected chi connectivity index (χ1v) is 4.12. The Morgan fingerprint density at radius 3 is 2.43 bits per heavy atom. The lowest BCUT2D eigenvalue weighted by atomic mass is 10.0. The average Bonchev–Trinajstić information content (AvgIpc) is 2.18. The highest BCUT2D eigenvalue weighted by molar-refractivity contribution is 5.85. The van der Waals surface area contributed by atoms with Gasteiger partial charge in [0.15, 0.2) is 5.78 Å². The van der Waals surface area contributed by atoms with Crippen molar-refractivity contribution in [2.24, 2.45) is 5.73 Å². The number of ketones is 1. The maximum atomic E-state index is 11.9. The van der Waals surface area contributed by atoms with Gasteiger partial charge in [0.25, 0.3) is 0 Å². The minimum Gasteiger partial charge on any atom is -0.321 e. The molecule has 1 aromatic carbocycles. The Morgan fingerprint density at radius 1 is 1.36 bits per heavy atom. The highest BCUT2D eigenvalue weighted by Crippen LogP contribution is 2.02. The van der Waals surface area contributed by atoms with Crippen molar-refractivity contribution in [3.63, 3.8) is 0 Å². The molecule has 0 unspecified atom stereocenters. The van der Waals surface area contributed by atoms with E-state index in [2.05, 4.69) is 0 Å². The summed E-state index contributed by atoms with van der Waals surface area (Å²) in [6.07, 6.45) is 0.406. The van der Waals surface area contributed by atoms with E-state index >= 15 is 0 Å². The van der Waals surface area contributed by atoms with Crippen molar-refractivity contribution in [3.8, 4) is 0 Å². The predicted octanol–water partition coefficient (Wildman–Crippen LogP) is 1.52. The fraction of sp³-hybridized carbons (Fsp3) is 0.300. The molecule has 0 aliphatic carbocycles. The number of carbonyl (C=O) groups is 1. The van der Waals surface area contributed by atoms with Crippen molar-refractivity contribution in [1.82, 2.24) is 0 Å². The van der Waals surface area contributed by atoms with Crippen LogP contribution in [0.4, 0.5) is 4.39 Å². The molecule has 0 saturated heterocycles. The summed E-state index contributed by atoms with van der Waals surface area (Å²) in [5, 5.41) is 0. The molecule has 0 saturated carbocycles. The molecule has 0 aliphatic rings. The Balaban J connectivity index is 0.00000169. The van der Waals surface area contributed by atoms with Crippen LogP contribution in [0.1, 0.15) is 5.56 Å². The van der Waals surface area contributed by atoms with Crippen LogP contribution in [0.5, 0.6) is 0 Å². The number of hydrogen-bond donors (Lipinski definition) is 1. The zero-order valence-corrected chi connectivity index (χ0v) is 8.47. The minimum absolute atomic E-state index is 0. The second-order valence-corrected chi connectivity index (χ2v) is 2.90. The number of hydrogen-bond acceptors (Lipinski definition) is 2. The second-order valence-electron chi connectivity index (χ2n) is 2.90. The first-order chi connectivity index (χ1) is 6.24. The van der Waals surface area contributed by atoms with E-state index in [1.807, 2.05) is 30.3 Å². The second kappa shape index (κ2) is 6.51. The summed E-state index contributed by atoms with van der Waals surface area (Å²) in [6.45, 7) is -0.978. The van der Waals surface area contributed by atoms with Crippen LogP contribution in [-0.2, 0) is 11.2 Å². The zero-order valence-electron chi connectivity index (χ0n) is 7.65. The van der Waals surface area contributed by atoms with Crippen molar-refractivity contribution in [2.75, 3.05) is 6.67 Å². The zero-order chi connectivity index (χ0) is 9.68. The summed E-state index contributed by atoms with van der Waals surface area (Å²) in [5.41, 5.74) is 6.43. The molecule has 1 rings (SSSR count). The Kier molecular flexibility index (Phi) is 6.08. The molecule has 4 heteroatoms. The third-order valence-corrected chi connectivity index (χ3v) is 1.84. The Bertz CT molecular complexity index is 279. The molecule has 14 heavy (non-hydrogen) atoms. The summed E-state index contributed by atoms with van der Waals surface area (Å²) >= 11 is 0. The average molecular weight is 218 g/mol. The van der Waals surface area contributed by atoms with Crippen LogP contribution >= 0.6 is 12.4 Å². The van der Waals surface area contributed by atoms with Crippen molar-refractivity contribution in [3.05, 3.63) is 35.9 Å². The molecular formula is C10H13ClFNO. The molecule has 1 aromatic rings. The van der Waals surface area contributed by atoms with Crippen LogP contribution in [0.2, 0.25) is 0 Å². The van der Waals surface area contributed by atoms with Crippen molar-refractivity contribution in [2.45, 2.75) is 12.5 Å². The molecule has 0 fully saturated rings. The summed E-state index contributed by atoms with van der Waals surface area (Å²) < 4.78 is 11.9. The predicted molar refractivity (Wildman–Crippen MR) is 56.4 cm³/mol. The van der Waals surface area contributed by atoms with Crippen LogP contribution < -0.4 is 5.73 Å². The molecule has 2 N–H and O–H groups in total. The van der Waals surface area contributed by atoms with Crippen LogP contribution in [0.3, 0.4) is 0 Å². The fourth-order valence-corrected chi connectivity index (χ4v) is 1.08. The monoisotopic (exact) mass is 217 g/mol. The number of halogens is 2. The van der Waals surface area contributed by atoms with E-state index in [0.29, 0.717) is 6.42 Å². The highest BCUT2D eigenvalue weighted by atomic mass is 35.5. The van der Waals surface area contributed by atoms with Gasteiger partial charge >= 0.3 is 0 Å². The van der Waals surface area contributed by atoms with E-state index in [0.717, 1.165) is 5.56 Å². The van der Waals surface area contributed by atoms with Crippen molar-refractivity contribution in [1.29, 1.82) is 0 Å². The number of alkyl halides is 1. The van der Waals surface area contributed by atoms with Gasteiger partial charge in [-0.15, -0.1) is 12.4 Å². The Morgan fingerprint density at radius 2 is 1.93 bits per heavy atom. The smallest absolute Gasteiger partial charge is 0.180 e. The van der Waals surface area contributed by atoms with Gasteiger partial charge in [-0.2, -0.15) is 0 Å². The van der Waals surface area contributed by atoms with Gasteiger partial charge in [-0.1, -0.05) is 30.3 Å². The van der Waals surface area contributed by atoms with Gasteiger partial charge in [0.1, 0.15) is 6.67 Å². The number of Topliss-reactive ketones (excluding diaryl/α,β-unsaturated/α-hetero) is 1. The lowest BCUT2D eigenvalue weighted by Crippen LogP contribution is -2.33. The topological polar surface area (TPSA) is 43.1 Å². The molecule has 0 amide bonds. The third-order valence-electron chi connectivity index (χ3n) is 1.84. The van der Waals surface area contributed by atoms with Crippen LogP contribution in [0, 0.1) is 0 Å². The Hall–Kier alpha value is -0.930.